The van der Waals surface area contributed by atoms with E-state index in [1.165, 1.54) is 23.1 Å². The first-order chi connectivity index (χ1) is 8.81. The second kappa shape index (κ2) is 6.86. The number of hydrogen-bond donors (Lipinski definition) is 1. The molecule has 0 bridgehead atoms. The van der Waals surface area contributed by atoms with Crippen LogP contribution in [0, 0.1) is 12.7 Å². The minimum absolute atomic E-state index is 0.0840. The second-order valence-electron chi connectivity index (χ2n) is 4.49. The van der Waals surface area contributed by atoms with Gasteiger partial charge in [-0.25, -0.2) is 4.39 Å². The minimum atomic E-state index is -4.29. The molecule has 0 aromatic heterocycles. The predicted molar refractivity (Wildman–Crippen MR) is 64.2 cm³/mol. The quantitative estimate of drug-likeness (QED) is 0.809. The topological polar surface area (TPSA) is 23.5 Å². The van der Waals surface area contributed by atoms with Crippen molar-refractivity contribution in [3.8, 4) is 0 Å². The number of halogens is 4. The van der Waals surface area contributed by atoms with Gasteiger partial charge in [-0.1, -0.05) is 12.1 Å². The van der Waals surface area contributed by atoms with Crippen molar-refractivity contribution in [2.24, 2.45) is 0 Å². The van der Waals surface area contributed by atoms with E-state index < -0.39 is 12.7 Å². The lowest BCUT2D eigenvalue weighted by Crippen LogP contribution is -2.34. The van der Waals surface area contributed by atoms with Crippen LogP contribution in [0.3, 0.4) is 0 Å². The monoisotopic (exact) mass is 279 g/mol. The number of alkyl halides is 3. The van der Waals surface area contributed by atoms with E-state index >= 15 is 0 Å². The van der Waals surface area contributed by atoms with E-state index in [9.17, 15) is 17.6 Å². The second-order valence-corrected chi connectivity index (χ2v) is 4.49. The summed E-state index contributed by atoms with van der Waals surface area (Å²) < 4.78 is 50.3. The molecule has 0 heterocycles. The van der Waals surface area contributed by atoms with Crippen LogP contribution >= 0.6 is 0 Å². The summed E-state index contributed by atoms with van der Waals surface area (Å²) in [5, 5.41) is 8.70. The average Bonchev–Trinajstić information content (AvgIpc) is 2.29. The Bertz CT molecular complexity index is 406. The van der Waals surface area contributed by atoms with Gasteiger partial charge in [0.25, 0.3) is 0 Å². The molecule has 108 valence electrons. The van der Waals surface area contributed by atoms with Gasteiger partial charge in [-0.2, -0.15) is 13.2 Å². The zero-order valence-electron chi connectivity index (χ0n) is 10.7. The molecule has 0 aliphatic rings. The van der Waals surface area contributed by atoms with Crippen molar-refractivity contribution in [3.63, 3.8) is 0 Å². The van der Waals surface area contributed by atoms with Gasteiger partial charge in [-0.3, -0.25) is 4.90 Å². The molecule has 1 aromatic rings. The van der Waals surface area contributed by atoms with Crippen molar-refractivity contribution in [2.75, 3.05) is 19.7 Å². The molecule has 0 fully saturated rings. The lowest BCUT2D eigenvalue weighted by atomic mass is 10.1. The number of benzene rings is 1. The lowest BCUT2D eigenvalue weighted by molar-refractivity contribution is -0.147. The predicted octanol–water partition coefficient (Wildman–Crippen LogP) is 2.88. The number of aliphatic hydroxyl groups excluding tert-OH is 1. The molecule has 0 saturated carbocycles. The molecule has 1 rings (SSSR count). The summed E-state index contributed by atoms with van der Waals surface area (Å²) in [6.07, 6.45) is -4.01. The molecule has 2 nitrogen and oxygen atoms in total. The summed E-state index contributed by atoms with van der Waals surface area (Å²) in [5.74, 6) is -0.374. The Morgan fingerprint density at radius 2 is 1.95 bits per heavy atom. The Kier molecular flexibility index (Phi) is 5.75. The van der Waals surface area contributed by atoms with Crippen molar-refractivity contribution in [1.82, 2.24) is 4.90 Å². The van der Waals surface area contributed by atoms with Crippen LogP contribution in [0.1, 0.15) is 17.5 Å². The van der Waals surface area contributed by atoms with E-state index in [1.54, 1.807) is 6.92 Å². The molecule has 0 aliphatic heterocycles. The van der Waals surface area contributed by atoms with Crippen LogP contribution in [0.2, 0.25) is 0 Å². The van der Waals surface area contributed by atoms with Crippen LogP contribution in [0.25, 0.3) is 0 Å². The highest BCUT2D eigenvalue weighted by atomic mass is 19.4. The highest BCUT2D eigenvalue weighted by Gasteiger charge is 2.30. The van der Waals surface area contributed by atoms with Crippen molar-refractivity contribution in [3.05, 3.63) is 35.1 Å². The van der Waals surface area contributed by atoms with Gasteiger partial charge < -0.3 is 5.11 Å². The fraction of sp³-hybridized carbons (Fsp3) is 0.538. The van der Waals surface area contributed by atoms with Crippen molar-refractivity contribution >= 4 is 0 Å². The largest absolute Gasteiger partial charge is 0.401 e. The zero-order chi connectivity index (χ0) is 14.5. The molecular formula is C13H17F4NO. The summed E-state index contributed by atoms with van der Waals surface area (Å²) in [6, 6.07) is 4.27. The van der Waals surface area contributed by atoms with Crippen LogP contribution in [0.15, 0.2) is 18.2 Å². The van der Waals surface area contributed by atoms with Crippen LogP contribution in [0.4, 0.5) is 17.6 Å². The number of rotatable bonds is 6. The van der Waals surface area contributed by atoms with Crippen molar-refractivity contribution in [1.29, 1.82) is 0 Å². The Hall–Kier alpha value is -1.14. The Morgan fingerprint density at radius 1 is 1.26 bits per heavy atom. The molecule has 0 amide bonds. The number of aliphatic hydroxyl groups is 1. The van der Waals surface area contributed by atoms with Gasteiger partial charge in [0.2, 0.25) is 0 Å². The van der Waals surface area contributed by atoms with Crippen LogP contribution in [0.5, 0.6) is 0 Å². The first kappa shape index (κ1) is 15.9. The maximum atomic E-state index is 13.1. The molecule has 0 spiro atoms. The first-order valence-corrected chi connectivity index (χ1v) is 5.97. The molecule has 0 saturated heterocycles. The molecule has 19 heavy (non-hydrogen) atoms. The third-order valence-electron chi connectivity index (χ3n) is 2.66. The summed E-state index contributed by atoms with van der Waals surface area (Å²) in [6.45, 7) is 0.605. The normalized spacial score (nSPS) is 12.2. The molecule has 0 aliphatic carbocycles. The summed E-state index contributed by atoms with van der Waals surface area (Å²) in [5.41, 5.74) is 1.03. The minimum Gasteiger partial charge on any atom is -0.396 e. The smallest absolute Gasteiger partial charge is 0.396 e. The maximum absolute atomic E-state index is 13.1. The third kappa shape index (κ3) is 6.02. The average molecular weight is 279 g/mol. The van der Waals surface area contributed by atoms with Crippen molar-refractivity contribution in [2.45, 2.75) is 26.1 Å². The summed E-state index contributed by atoms with van der Waals surface area (Å²) in [4.78, 5) is 1.20. The summed E-state index contributed by atoms with van der Waals surface area (Å²) >= 11 is 0. The van der Waals surface area contributed by atoms with Gasteiger partial charge in [-0.15, -0.1) is 0 Å². The van der Waals surface area contributed by atoms with E-state index in [-0.39, 0.29) is 31.9 Å². The number of aryl methyl sites for hydroxylation is 1. The zero-order valence-corrected chi connectivity index (χ0v) is 10.7. The molecule has 0 atom stereocenters. The van der Waals surface area contributed by atoms with Crippen molar-refractivity contribution < 1.29 is 22.7 Å². The van der Waals surface area contributed by atoms with E-state index in [1.807, 2.05) is 0 Å². The first-order valence-electron chi connectivity index (χ1n) is 5.97. The summed E-state index contributed by atoms with van der Waals surface area (Å²) in [7, 11) is 0. The fourth-order valence-electron chi connectivity index (χ4n) is 1.83. The van der Waals surface area contributed by atoms with Crippen LogP contribution in [-0.4, -0.2) is 35.9 Å². The van der Waals surface area contributed by atoms with Gasteiger partial charge in [0, 0.05) is 19.7 Å². The maximum Gasteiger partial charge on any atom is 0.401 e. The molecular weight excluding hydrogens is 262 g/mol. The van der Waals surface area contributed by atoms with Gasteiger partial charge in [0.1, 0.15) is 5.82 Å². The molecule has 1 aromatic carbocycles. The fourth-order valence-corrected chi connectivity index (χ4v) is 1.83. The van der Waals surface area contributed by atoms with Gasteiger partial charge in [-0.05, 0) is 30.5 Å². The number of hydrogen-bond acceptors (Lipinski definition) is 2. The third-order valence-corrected chi connectivity index (χ3v) is 2.66. The molecule has 0 unspecified atom stereocenters. The lowest BCUT2D eigenvalue weighted by Gasteiger charge is -2.23. The van der Waals surface area contributed by atoms with E-state index in [2.05, 4.69) is 0 Å². The Balaban J connectivity index is 2.72. The Labute approximate surface area is 109 Å². The van der Waals surface area contributed by atoms with Crippen LogP contribution < -0.4 is 0 Å². The van der Waals surface area contributed by atoms with Crippen LogP contribution in [-0.2, 0) is 6.54 Å². The Morgan fingerprint density at radius 3 is 2.47 bits per heavy atom. The highest BCUT2D eigenvalue weighted by molar-refractivity contribution is 5.23. The van der Waals surface area contributed by atoms with Gasteiger partial charge in [0.05, 0.1) is 6.54 Å². The highest BCUT2D eigenvalue weighted by Crippen LogP contribution is 2.19. The van der Waals surface area contributed by atoms with Gasteiger partial charge in [0.15, 0.2) is 0 Å². The standard InChI is InChI=1S/C13H17F4NO/c1-10-7-11(3-4-12(10)14)8-18(5-2-6-19)9-13(15,16)17/h3-4,7,19H,2,5-6,8-9H2,1H3. The molecule has 6 heteroatoms. The van der Waals surface area contributed by atoms with E-state index in [0.29, 0.717) is 11.1 Å². The molecule has 0 radical (unpaired) electrons. The van der Waals surface area contributed by atoms with E-state index in [0.717, 1.165) is 0 Å². The SMILES string of the molecule is Cc1cc(CN(CCCO)CC(F)(F)F)ccc1F. The van der Waals surface area contributed by atoms with E-state index in [4.69, 9.17) is 5.11 Å². The van der Waals surface area contributed by atoms with Gasteiger partial charge >= 0.3 is 6.18 Å². The molecule has 1 N–H and O–H groups in total. The number of nitrogens with zero attached hydrogens (tertiary/aromatic N) is 1.